The lowest BCUT2D eigenvalue weighted by atomic mass is 9.97. The summed E-state index contributed by atoms with van der Waals surface area (Å²) >= 11 is 0. The van der Waals surface area contributed by atoms with Crippen LogP contribution in [0.4, 0.5) is 5.69 Å². The third-order valence-corrected chi connectivity index (χ3v) is 6.57. The summed E-state index contributed by atoms with van der Waals surface area (Å²) in [5.41, 5.74) is 18.2. The Morgan fingerprint density at radius 2 is 1.91 bits per heavy atom. The second kappa shape index (κ2) is 9.94. The van der Waals surface area contributed by atoms with E-state index in [2.05, 4.69) is 44.0 Å². The molecule has 3 aromatic rings. The second-order valence-corrected chi connectivity index (χ2v) is 8.59. The molecule has 0 aliphatic rings. The smallest absolute Gasteiger partial charge is 0.267 e. The van der Waals surface area contributed by atoms with Crippen LogP contribution >= 0.6 is 0 Å². The average Bonchev–Trinajstić information content (AvgIpc) is 3.17. The van der Waals surface area contributed by atoms with E-state index in [9.17, 15) is 4.79 Å². The van der Waals surface area contributed by atoms with Crippen molar-refractivity contribution in [3.63, 3.8) is 0 Å². The van der Waals surface area contributed by atoms with Gasteiger partial charge in [0.1, 0.15) is 5.70 Å². The quantitative estimate of drug-likeness (QED) is 0.314. The van der Waals surface area contributed by atoms with Gasteiger partial charge in [0.2, 0.25) is 0 Å². The predicted molar refractivity (Wildman–Crippen MR) is 138 cm³/mol. The van der Waals surface area contributed by atoms with Gasteiger partial charge in [-0.3, -0.25) is 4.79 Å². The van der Waals surface area contributed by atoms with Crippen molar-refractivity contribution in [1.29, 1.82) is 5.41 Å². The molecule has 1 aromatic heterocycles. The lowest BCUT2D eigenvalue weighted by molar-refractivity contribution is -0.113. The van der Waals surface area contributed by atoms with Crippen LogP contribution in [0.1, 0.15) is 63.3 Å². The molecule has 0 spiro atoms. The summed E-state index contributed by atoms with van der Waals surface area (Å²) in [6, 6.07) is 12.0. The molecule has 1 heterocycles. The molecule has 6 heteroatoms. The molecule has 1 atom stereocenters. The van der Waals surface area contributed by atoms with E-state index in [0.717, 1.165) is 41.0 Å². The number of aromatic nitrogens is 1. The van der Waals surface area contributed by atoms with Gasteiger partial charge < -0.3 is 26.8 Å². The molecule has 6 nitrogen and oxygen atoms in total. The number of H-pyrrole nitrogens is 1. The highest BCUT2D eigenvalue weighted by molar-refractivity contribution is 6.12. The number of anilines is 1. The number of carbonyl (C=O) groups is 1. The first-order valence-electron chi connectivity index (χ1n) is 11.5. The first-order valence-corrected chi connectivity index (χ1v) is 11.5. The summed E-state index contributed by atoms with van der Waals surface area (Å²) in [5.74, 6) is -0.501. The van der Waals surface area contributed by atoms with Crippen LogP contribution in [-0.4, -0.2) is 29.1 Å². The zero-order chi connectivity index (χ0) is 24.3. The van der Waals surface area contributed by atoms with Crippen molar-refractivity contribution >= 4 is 40.0 Å². The number of nitrogens with zero attached hydrogens (tertiary/aromatic N) is 1. The van der Waals surface area contributed by atoms with E-state index >= 15 is 0 Å². The fraction of sp³-hybridized carbons (Fsp3) is 0.333. The van der Waals surface area contributed by atoms with Crippen LogP contribution in [0.15, 0.2) is 36.4 Å². The second-order valence-electron chi connectivity index (χ2n) is 8.59. The number of benzene rings is 2. The first-order chi connectivity index (χ1) is 15.8. The average molecular weight is 446 g/mol. The van der Waals surface area contributed by atoms with E-state index in [1.54, 1.807) is 6.07 Å². The Balaban J connectivity index is 2.41. The molecule has 2 aromatic carbocycles. The molecule has 33 heavy (non-hydrogen) atoms. The number of aromatic amines is 1. The highest BCUT2D eigenvalue weighted by atomic mass is 16.1. The predicted octanol–water partition coefficient (Wildman–Crippen LogP) is 3.57. The molecule has 0 saturated heterocycles. The number of nitrogens with one attached hydrogen (secondary N) is 2. The largest absolute Gasteiger partial charge is 0.398 e. The van der Waals surface area contributed by atoms with Crippen LogP contribution < -0.4 is 22.0 Å². The summed E-state index contributed by atoms with van der Waals surface area (Å²) in [6.45, 7) is 8.38. The van der Waals surface area contributed by atoms with Gasteiger partial charge in [0, 0.05) is 40.6 Å². The normalized spacial score (nSPS) is 14.1. The number of nitrogen functional groups attached to an aromatic ring is 1. The number of fused-ring (bicyclic) bond motifs is 1. The number of carbonyl (C=O) groups excluding carboxylic acids is 1. The summed E-state index contributed by atoms with van der Waals surface area (Å²) < 4.78 is 0. The highest BCUT2D eigenvalue weighted by Gasteiger charge is 2.23. The Bertz CT molecular complexity index is 1320. The number of aryl methyl sites for hydroxylation is 1. The van der Waals surface area contributed by atoms with E-state index in [4.69, 9.17) is 16.9 Å². The van der Waals surface area contributed by atoms with E-state index in [1.165, 1.54) is 17.3 Å². The van der Waals surface area contributed by atoms with Gasteiger partial charge in [-0.1, -0.05) is 50.1 Å². The van der Waals surface area contributed by atoms with E-state index < -0.39 is 5.91 Å². The van der Waals surface area contributed by atoms with Crippen LogP contribution in [0.2, 0.25) is 0 Å². The van der Waals surface area contributed by atoms with Crippen LogP contribution in [-0.2, 0) is 11.2 Å². The fourth-order valence-electron chi connectivity index (χ4n) is 4.58. The number of nitrogens with two attached hydrogens (primary N) is 2. The van der Waals surface area contributed by atoms with E-state index in [-0.39, 0.29) is 6.04 Å². The van der Waals surface area contributed by atoms with Crippen molar-refractivity contribution in [3.8, 4) is 0 Å². The molecule has 0 bridgehead atoms. The summed E-state index contributed by atoms with van der Waals surface area (Å²) in [7, 11) is 1.91. The Kier molecular flexibility index (Phi) is 7.26. The lowest BCUT2D eigenvalue weighted by Gasteiger charge is -2.29. The minimum atomic E-state index is -0.501. The maximum atomic E-state index is 12.9. The molecule has 3 rings (SSSR count). The van der Waals surface area contributed by atoms with Gasteiger partial charge in [-0.05, 0) is 49.9 Å². The molecule has 0 radical (unpaired) electrons. The molecule has 0 saturated carbocycles. The maximum Gasteiger partial charge on any atom is 0.267 e. The van der Waals surface area contributed by atoms with Crippen molar-refractivity contribution in [2.75, 3.05) is 12.8 Å². The highest BCUT2D eigenvalue weighted by Crippen LogP contribution is 2.27. The van der Waals surface area contributed by atoms with Crippen molar-refractivity contribution in [2.24, 2.45) is 5.73 Å². The lowest BCUT2D eigenvalue weighted by Crippen LogP contribution is -2.40. The number of likely N-dealkylation sites (N-methyl/N-ethyl adjacent to an activating group) is 1. The fourth-order valence-corrected chi connectivity index (χ4v) is 4.58. The van der Waals surface area contributed by atoms with Gasteiger partial charge in [-0.15, -0.1) is 0 Å². The molecular weight excluding hydrogens is 410 g/mol. The molecule has 1 amide bonds. The number of rotatable bonds is 8. The number of primary amides is 1. The number of hydrogen-bond acceptors (Lipinski definition) is 4. The third-order valence-electron chi connectivity index (χ3n) is 6.57. The monoisotopic (exact) mass is 445 g/mol. The minimum absolute atomic E-state index is 0.0660. The number of hydrogen-bond donors (Lipinski definition) is 4. The summed E-state index contributed by atoms with van der Waals surface area (Å²) in [4.78, 5) is 18.3. The van der Waals surface area contributed by atoms with Gasteiger partial charge in [0.05, 0.1) is 11.4 Å². The number of amides is 1. The summed E-state index contributed by atoms with van der Waals surface area (Å²) in [6.07, 6.45) is 4.09. The standard InChI is InChI=1S/C27H35N5O/c1-6-10-18-11-8-9-12-19(18)17(4)32(5)26(27(30)33)25-23(16(3)7-2)24-20(15-28)21(29)13-14-22(24)31-25/h8-9,11-15,17,28,31H,6-7,10,29H2,1-5H3,(H2,30,33)/b23-16+,26-25+,28-15?. The molecule has 0 aliphatic heterocycles. The first kappa shape index (κ1) is 24.1. The van der Waals surface area contributed by atoms with Crippen LogP contribution in [0.25, 0.3) is 22.2 Å². The Hall–Kier alpha value is -3.54. The van der Waals surface area contributed by atoms with Crippen molar-refractivity contribution in [2.45, 2.75) is 53.0 Å². The van der Waals surface area contributed by atoms with Crippen LogP contribution in [0.5, 0.6) is 0 Å². The zero-order valence-electron chi connectivity index (χ0n) is 20.3. The van der Waals surface area contributed by atoms with Crippen molar-refractivity contribution in [1.82, 2.24) is 9.88 Å². The van der Waals surface area contributed by atoms with Gasteiger partial charge in [0.15, 0.2) is 0 Å². The Labute approximate surface area is 195 Å². The van der Waals surface area contributed by atoms with Gasteiger partial charge in [-0.2, -0.15) is 0 Å². The van der Waals surface area contributed by atoms with Crippen molar-refractivity contribution < 1.29 is 4.79 Å². The Morgan fingerprint density at radius 1 is 1.21 bits per heavy atom. The molecule has 6 N–H and O–H groups in total. The van der Waals surface area contributed by atoms with Gasteiger partial charge >= 0.3 is 0 Å². The Morgan fingerprint density at radius 3 is 2.52 bits per heavy atom. The molecule has 0 aliphatic carbocycles. The molecule has 174 valence electrons. The molecular formula is C27H35N5O. The summed E-state index contributed by atoms with van der Waals surface area (Å²) in [5, 5.41) is 10.4. The molecule has 0 fully saturated rings. The van der Waals surface area contributed by atoms with Gasteiger partial charge in [-0.25, -0.2) is 0 Å². The van der Waals surface area contributed by atoms with Crippen LogP contribution in [0, 0.1) is 5.41 Å². The zero-order valence-corrected chi connectivity index (χ0v) is 20.3. The third kappa shape index (κ3) is 4.38. The molecule has 1 unspecified atom stereocenters. The van der Waals surface area contributed by atoms with E-state index in [0.29, 0.717) is 22.3 Å². The van der Waals surface area contributed by atoms with E-state index in [1.807, 2.05) is 31.0 Å². The topological polar surface area (TPSA) is 112 Å². The minimum Gasteiger partial charge on any atom is -0.398 e. The SMILES string of the molecule is CCCc1ccccc1C(C)N(C)/C(C(N)=O)=c1/[nH]c2ccc(N)c(C=N)c2/c1=C(/C)CC. The van der Waals surface area contributed by atoms with Crippen LogP contribution in [0.3, 0.4) is 0 Å². The maximum absolute atomic E-state index is 12.9. The van der Waals surface area contributed by atoms with Gasteiger partial charge in [0.25, 0.3) is 5.91 Å². The van der Waals surface area contributed by atoms with Crippen molar-refractivity contribution in [3.05, 3.63) is 63.7 Å².